The number of amides is 1. The van der Waals surface area contributed by atoms with E-state index in [0.29, 0.717) is 13.0 Å². The Morgan fingerprint density at radius 3 is 2.94 bits per heavy atom. The molecule has 0 saturated carbocycles. The Bertz CT molecular complexity index is 531. The Kier molecular flexibility index (Phi) is 3.99. The topological polar surface area (TPSA) is 48.1 Å². The Morgan fingerprint density at radius 2 is 2.17 bits per heavy atom. The number of H-pyrrole nitrogens is 1. The third-order valence-electron chi connectivity index (χ3n) is 2.86. The van der Waals surface area contributed by atoms with Crippen molar-refractivity contribution in [2.75, 3.05) is 27.2 Å². The molecule has 1 aromatic heterocycles. The van der Waals surface area contributed by atoms with Crippen molar-refractivity contribution < 1.29 is 4.79 Å². The summed E-state index contributed by atoms with van der Waals surface area (Å²) in [7, 11) is 3.98. The molecule has 0 atom stereocenters. The van der Waals surface area contributed by atoms with Gasteiger partial charge >= 0.3 is 0 Å². The molecule has 0 fully saturated rings. The number of aromatic nitrogens is 1. The number of benzene rings is 1. The van der Waals surface area contributed by atoms with E-state index in [0.717, 1.165) is 23.0 Å². The number of hydrogen-bond donors (Lipinski definition) is 2. The highest BCUT2D eigenvalue weighted by Gasteiger charge is 2.04. The van der Waals surface area contributed by atoms with E-state index >= 15 is 0 Å². The lowest BCUT2D eigenvalue weighted by atomic mass is 10.1. The Morgan fingerprint density at radius 1 is 1.33 bits per heavy atom. The second-order valence-electron chi connectivity index (χ2n) is 4.73. The highest BCUT2D eigenvalue weighted by atomic mass is 16.1. The molecule has 4 nitrogen and oxygen atoms in total. The Hall–Kier alpha value is -1.81. The molecule has 96 valence electrons. The number of aromatic amines is 1. The van der Waals surface area contributed by atoms with Crippen LogP contribution in [0.25, 0.3) is 10.9 Å². The number of fused-ring (bicyclic) bond motifs is 1. The van der Waals surface area contributed by atoms with Crippen molar-refractivity contribution in [1.29, 1.82) is 0 Å². The summed E-state index contributed by atoms with van der Waals surface area (Å²) in [4.78, 5) is 16.9. The summed E-state index contributed by atoms with van der Waals surface area (Å²) in [5, 5.41) is 4.06. The van der Waals surface area contributed by atoms with Crippen molar-refractivity contribution in [3.8, 4) is 0 Å². The van der Waals surface area contributed by atoms with Crippen molar-refractivity contribution in [1.82, 2.24) is 15.2 Å². The third-order valence-corrected chi connectivity index (χ3v) is 2.86. The molecule has 2 rings (SSSR count). The minimum absolute atomic E-state index is 0.0757. The van der Waals surface area contributed by atoms with Crippen LogP contribution in [0.2, 0.25) is 0 Å². The lowest BCUT2D eigenvalue weighted by molar-refractivity contribution is -0.120. The molecule has 0 aliphatic carbocycles. The molecule has 1 aromatic carbocycles. The molecule has 1 heterocycles. The van der Waals surface area contributed by atoms with E-state index in [9.17, 15) is 4.79 Å². The zero-order valence-electron chi connectivity index (χ0n) is 10.9. The Balaban J connectivity index is 1.90. The molecule has 18 heavy (non-hydrogen) atoms. The number of rotatable bonds is 5. The molecular weight excluding hydrogens is 226 g/mol. The zero-order chi connectivity index (χ0) is 13.0. The predicted octanol–water partition coefficient (Wildman–Crippen LogP) is 1.39. The molecule has 2 N–H and O–H groups in total. The highest BCUT2D eigenvalue weighted by molar-refractivity contribution is 5.83. The van der Waals surface area contributed by atoms with Crippen LogP contribution in [-0.4, -0.2) is 43.0 Å². The average Bonchev–Trinajstić information content (AvgIpc) is 2.75. The van der Waals surface area contributed by atoms with Crippen molar-refractivity contribution in [2.45, 2.75) is 6.42 Å². The first kappa shape index (κ1) is 12.6. The molecule has 0 spiro atoms. The van der Waals surface area contributed by atoms with Gasteiger partial charge in [-0.3, -0.25) is 4.79 Å². The van der Waals surface area contributed by atoms with Crippen LogP contribution in [0.5, 0.6) is 0 Å². The van der Waals surface area contributed by atoms with Crippen molar-refractivity contribution >= 4 is 16.8 Å². The van der Waals surface area contributed by atoms with Gasteiger partial charge in [-0.1, -0.05) is 6.07 Å². The summed E-state index contributed by atoms with van der Waals surface area (Å²) in [6.45, 7) is 1.56. The second-order valence-corrected chi connectivity index (χ2v) is 4.73. The van der Waals surface area contributed by atoms with E-state index in [4.69, 9.17) is 0 Å². The van der Waals surface area contributed by atoms with E-state index in [1.165, 1.54) is 0 Å². The van der Waals surface area contributed by atoms with Gasteiger partial charge in [0.25, 0.3) is 0 Å². The van der Waals surface area contributed by atoms with E-state index in [-0.39, 0.29) is 5.91 Å². The first-order valence-electron chi connectivity index (χ1n) is 6.12. The van der Waals surface area contributed by atoms with E-state index in [1.807, 2.05) is 43.4 Å². The van der Waals surface area contributed by atoms with Gasteiger partial charge in [0.1, 0.15) is 0 Å². The highest BCUT2D eigenvalue weighted by Crippen LogP contribution is 2.14. The normalized spacial score (nSPS) is 11.1. The first-order valence-corrected chi connectivity index (χ1v) is 6.12. The summed E-state index contributed by atoms with van der Waals surface area (Å²) >= 11 is 0. The van der Waals surface area contributed by atoms with Crippen molar-refractivity contribution in [3.05, 3.63) is 36.0 Å². The van der Waals surface area contributed by atoms with Crippen LogP contribution in [-0.2, 0) is 11.2 Å². The van der Waals surface area contributed by atoms with E-state index < -0.39 is 0 Å². The molecule has 0 aliphatic rings. The van der Waals surface area contributed by atoms with Gasteiger partial charge in [0, 0.05) is 24.8 Å². The van der Waals surface area contributed by atoms with Gasteiger partial charge in [0.05, 0.1) is 6.42 Å². The first-order chi connectivity index (χ1) is 8.65. The van der Waals surface area contributed by atoms with Gasteiger partial charge in [-0.05, 0) is 43.2 Å². The van der Waals surface area contributed by atoms with Gasteiger partial charge < -0.3 is 15.2 Å². The third kappa shape index (κ3) is 3.34. The summed E-state index contributed by atoms with van der Waals surface area (Å²) in [5.41, 5.74) is 2.15. The van der Waals surface area contributed by atoms with Gasteiger partial charge in [-0.15, -0.1) is 0 Å². The zero-order valence-corrected chi connectivity index (χ0v) is 10.9. The largest absolute Gasteiger partial charge is 0.361 e. The molecule has 4 heteroatoms. The summed E-state index contributed by atoms with van der Waals surface area (Å²) in [5.74, 6) is 0.0757. The number of nitrogens with zero attached hydrogens (tertiary/aromatic N) is 1. The van der Waals surface area contributed by atoms with Gasteiger partial charge in [-0.2, -0.15) is 0 Å². The van der Waals surface area contributed by atoms with Gasteiger partial charge in [0.2, 0.25) is 5.91 Å². The van der Waals surface area contributed by atoms with Crippen LogP contribution >= 0.6 is 0 Å². The predicted molar refractivity (Wildman–Crippen MR) is 73.6 cm³/mol. The van der Waals surface area contributed by atoms with E-state index in [1.54, 1.807) is 0 Å². The second kappa shape index (κ2) is 5.69. The standard InChI is InChI=1S/C14H19N3O/c1-17(2)8-7-16-14(18)10-11-3-4-13-12(9-11)5-6-15-13/h3-6,9,15H,7-8,10H2,1-2H3,(H,16,18). The molecule has 0 saturated heterocycles. The maximum absolute atomic E-state index is 11.7. The molecule has 2 aromatic rings. The molecule has 0 radical (unpaired) electrons. The van der Waals surface area contributed by atoms with Crippen LogP contribution in [0.3, 0.4) is 0 Å². The van der Waals surface area contributed by atoms with Crippen LogP contribution in [0.15, 0.2) is 30.5 Å². The smallest absolute Gasteiger partial charge is 0.224 e. The maximum Gasteiger partial charge on any atom is 0.224 e. The van der Waals surface area contributed by atoms with Gasteiger partial charge in [0.15, 0.2) is 0 Å². The average molecular weight is 245 g/mol. The maximum atomic E-state index is 11.7. The molecule has 0 bridgehead atoms. The van der Waals surface area contributed by atoms with Crippen LogP contribution in [0.1, 0.15) is 5.56 Å². The fourth-order valence-electron chi connectivity index (χ4n) is 1.88. The summed E-state index contributed by atoms with van der Waals surface area (Å²) < 4.78 is 0. The quantitative estimate of drug-likeness (QED) is 0.836. The number of hydrogen-bond acceptors (Lipinski definition) is 2. The molecule has 1 amide bonds. The minimum atomic E-state index is 0.0757. The van der Waals surface area contributed by atoms with Crippen molar-refractivity contribution in [2.24, 2.45) is 0 Å². The number of carbonyl (C=O) groups is 1. The molecule has 0 unspecified atom stereocenters. The minimum Gasteiger partial charge on any atom is -0.361 e. The molecule has 0 aliphatic heterocycles. The van der Waals surface area contributed by atoms with Crippen LogP contribution in [0.4, 0.5) is 0 Å². The monoisotopic (exact) mass is 245 g/mol. The Labute approximate surface area is 107 Å². The number of carbonyl (C=O) groups excluding carboxylic acids is 1. The fourth-order valence-corrected chi connectivity index (χ4v) is 1.88. The van der Waals surface area contributed by atoms with Gasteiger partial charge in [-0.25, -0.2) is 0 Å². The van der Waals surface area contributed by atoms with Crippen molar-refractivity contribution in [3.63, 3.8) is 0 Å². The fraction of sp³-hybridized carbons (Fsp3) is 0.357. The van der Waals surface area contributed by atoms with Crippen LogP contribution in [0, 0.1) is 0 Å². The number of nitrogens with one attached hydrogen (secondary N) is 2. The van der Waals surface area contributed by atoms with Crippen LogP contribution < -0.4 is 5.32 Å². The SMILES string of the molecule is CN(C)CCNC(=O)Cc1ccc2[nH]ccc2c1. The lowest BCUT2D eigenvalue weighted by Gasteiger charge is -2.10. The summed E-state index contributed by atoms with van der Waals surface area (Å²) in [6, 6.07) is 8.07. The number of likely N-dealkylation sites (N-methyl/N-ethyl adjacent to an activating group) is 1. The lowest BCUT2D eigenvalue weighted by Crippen LogP contribution is -2.32. The van der Waals surface area contributed by atoms with E-state index in [2.05, 4.69) is 16.4 Å². The summed E-state index contributed by atoms with van der Waals surface area (Å²) in [6.07, 6.45) is 2.35. The molecular formula is C14H19N3O.